The molecule has 1 aliphatic carbocycles. The molecular formula is C27H30N4O3. The number of aromatic amines is 1. The summed E-state index contributed by atoms with van der Waals surface area (Å²) in [6, 6.07) is 11.7. The number of carboxylic acid groups (broad SMARTS) is 1. The lowest BCUT2D eigenvalue weighted by Gasteiger charge is -2.41. The number of aromatic nitrogens is 1. The summed E-state index contributed by atoms with van der Waals surface area (Å²) < 4.78 is 5.80. The maximum absolute atomic E-state index is 11.6. The molecule has 7 nitrogen and oxygen atoms in total. The maximum atomic E-state index is 11.6. The molecule has 3 N–H and O–H groups in total. The number of H-pyrrole nitrogens is 1. The number of hydrogen-bond acceptors (Lipinski definition) is 5. The highest BCUT2D eigenvalue weighted by atomic mass is 16.5. The molecule has 1 saturated carbocycles. The van der Waals surface area contributed by atoms with E-state index in [0.717, 1.165) is 53.2 Å². The third kappa shape index (κ3) is 3.99. The van der Waals surface area contributed by atoms with Gasteiger partial charge in [0.25, 0.3) is 0 Å². The van der Waals surface area contributed by atoms with Gasteiger partial charge >= 0.3 is 5.97 Å². The molecule has 2 aromatic carbocycles. The molecule has 1 atom stereocenters. The average molecular weight is 459 g/mol. The molecule has 0 bridgehead atoms. The van der Waals surface area contributed by atoms with Crippen molar-refractivity contribution in [2.45, 2.75) is 45.2 Å². The van der Waals surface area contributed by atoms with Gasteiger partial charge in [0.05, 0.1) is 18.7 Å². The summed E-state index contributed by atoms with van der Waals surface area (Å²) in [5, 5.41) is 23.0. The predicted molar refractivity (Wildman–Crippen MR) is 131 cm³/mol. The molecule has 34 heavy (non-hydrogen) atoms. The molecule has 176 valence electrons. The summed E-state index contributed by atoms with van der Waals surface area (Å²) in [5.74, 6) is -0.0796. The first-order chi connectivity index (χ1) is 16.4. The van der Waals surface area contributed by atoms with E-state index in [-0.39, 0.29) is 18.2 Å². The minimum absolute atomic E-state index is 0.125. The number of piperidine rings is 1. The summed E-state index contributed by atoms with van der Waals surface area (Å²) in [7, 11) is 1.72. The molecule has 2 fully saturated rings. The molecular weight excluding hydrogens is 428 g/mol. The topological polar surface area (TPSA) is 101 Å². The van der Waals surface area contributed by atoms with Crippen LogP contribution in [0.3, 0.4) is 0 Å². The second-order valence-corrected chi connectivity index (χ2v) is 9.70. The van der Waals surface area contributed by atoms with Crippen molar-refractivity contribution in [3.63, 3.8) is 0 Å². The Morgan fingerprint density at radius 1 is 1.32 bits per heavy atom. The first kappa shape index (κ1) is 22.3. The molecule has 0 unspecified atom stereocenters. The number of fused-ring (bicyclic) bond motifs is 1. The highest BCUT2D eigenvalue weighted by Crippen LogP contribution is 2.59. The standard InChI is InChI=1S/C27H30N4O3/c1-17-13-24(34-2)21(19-5-10-30-25(17)19)16-31-12-8-27(6-7-27)15-23(31)20-4-3-18(26(32)33)14-22(20)29-11-9-28/h3-5,10,13-14,23,29-30H,6-8,11-12,15-16H2,1-2H3,(H,32,33)/t23-/m0/s1. The number of rotatable bonds is 7. The van der Waals surface area contributed by atoms with Gasteiger partial charge in [-0.1, -0.05) is 6.07 Å². The summed E-state index contributed by atoms with van der Waals surface area (Å²) in [6.45, 7) is 3.91. The highest BCUT2D eigenvalue weighted by Gasteiger charge is 2.48. The summed E-state index contributed by atoms with van der Waals surface area (Å²) >= 11 is 0. The van der Waals surface area contributed by atoms with Crippen LogP contribution < -0.4 is 10.1 Å². The van der Waals surface area contributed by atoms with E-state index in [1.165, 1.54) is 24.6 Å². The largest absolute Gasteiger partial charge is 0.496 e. The Labute approximate surface area is 199 Å². The van der Waals surface area contributed by atoms with Crippen molar-refractivity contribution in [3.05, 3.63) is 58.8 Å². The summed E-state index contributed by atoms with van der Waals surface area (Å²) in [5.41, 5.74) is 5.85. The van der Waals surface area contributed by atoms with Crippen LogP contribution in [0.4, 0.5) is 5.69 Å². The van der Waals surface area contributed by atoms with Gasteiger partial charge in [-0.15, -0.1) is 0 Å². The number of carbonyl (C=O) groups is 1. The number of nitriles is 1. The number of nitrogens with one attached hydrogen (secondary N) is 2. The van der Waals surface area contributed by atoms with E-state index in [1.807, 2.05) is 12.3 Å². The van der Waals surface area contributed by atoms with Gasteiger partial charge in [-0.05, 0) is 80.0 Å². The van der Waals surface area contributed by atoms with Crippen molar-refractivity contribution >= 4 is 22.6 Å². The Kier molecular flexibility index (Phi) is 5.70. The molecule has 1 spiro atoms. The Morgan fingerprint density at radius 2 is 2.15 bits per heavy atom. The molecule has 1 saturated heterocycles. The molecule has 1 aromatic heterocycles. The molecule has 0 amide bonds. The fourth-order valence-corrected chi connectivity index (χ4v) is 5.56. The molecule has 0 radical (unpaired) electrons. The number of aromatic carboxylic acids is 1. The lowest BCUT2D eigenvalue weighted by Crippen LogP contribution is -2.37. The number of nitrogens with zero attached hydrogens (tertiary/aromatic N) is 2. The second-order valence-electron chi connectivity index (χ2n) is 9.70. The van der Waals surface area contributed by atoms with Crippen molar-refractivity contribution in [2.75, 3.05) is 25.5 Å². The lowest BCUT2D eigenvalue weighted by molar-refractivity contribution is 0.0696. The molecule has 5 rings (SSSR count). The smallest absolute Gasteiger partial charge is 0.335 e. The van der Waals surface area contributed by atoms with E-state index < -0.39 is 5.97 Å². The van der Waals surface area contributed by atoms with Crippen LogP contribution in [0.1, 0.15) is 58.8 Å². The summed E-state index contributed by atoms with van der Waals surface area (Å²) in [4.78, 5) is 17.5. The van der Waals surface area contributed by atoms with Gasteiger partial charge in [-0.3, -0.25) is 4.90 Å². The number of ether oxygens (including phenoxy) is 1. The minimum Gasteiger partial charge on any atom is -0.496 e. The first-order valence-electron chi connectivity index (χ1n) is 11.8. The quantitative estimate of drug-likeness (QED) is 0.419. The van der Waals surface area contributed by atoms with E-state index in [9.17, 15) is 9.90 Å². The molecule has 3 aromatic rings. The van der Waals surface area contributed by atoms with Gasteiger partial charge in [0.15, 0.2) is 0 Å². The SMILES string of the molecule is COc1cc(C)c2[nH]ccc2c1CN1CCC2(CC2)C[C@H]1c1ccc(C(=O)O)cc1NCC#N. The first-order valence-corrected chi connectivity index (χ1v) is 11.8. The van der Waals surface area contributed by atoms with Gasteiger partial charge in [-0.2, -0.15) is 5.26 Å². The Morgan fingerprint density at radius 3 is 2.85 bits per heavy atom. The van der Waals surface area contributed by atoms with Gasteiger partial charge in [0.1, 0.15) is 12.3 Å². The van der Waals surface area contributed by atoms with Crippen LogP contribution in [0.2, 0.25) is 0 Å². The van der Waals surface area contributed by atoms with E-state index in [2.05, 4.69) is 40.3 Å². The van der Waals surface area contributed by atoms with Gasteiger partial charge in [0.2, 0.25) is 0 Å². The highest BCUT2D eigenvalue weighted by molar-refractivity contribution is 5.89. The van der Waals surface area contributed by atoms with Crippen LogP contribution >= 0.6 is 0 Å². The second kappa shape index (κ2) is 8.69. The number of benzene rings is 2. The van der Waals surface area contributed by atoms with Crippen LogP contribution in [0, 0.1) is 23.7 Å². The Balaban J connectivity index is 1.56. The van der Waals surface area contributed by atoms with Crippen LogP contribution in [0.15, 0.2) is 36.5 Å². The van der Waals surface area contributed by atoms with E-state index in [1.54, 1.807) is 19.2 Å². The number of anilines is 1. The number of hydrogen-bond donors (Lipinski definition) is 3. The maximum Gasteiger partial charge on any atom is 0.335 e. The number of likely N-dealkylation sites (tertiary alicyclic amines) is 1. The fraction of sp³-hybridized carbons (Fsp3) is 0.407. The minimum atomic E-state index is -0.968. The zero-order chi connectivity index (χ0) is 23.9. The predicted octanol–water partition coefficient (Wildman–Crippen LogP) is 5.24. The summed E-state index contributed by atoms with van der Waals surface area (Å²) in [6.07, 6.45) is 6.68. The van der Waals surface area contributed by atoms with Crippen molar-refractivity contribution < 1.29 is 14.6 Å². The third-order valence-electron chi connectivity index (χ3n) is 7.66. The van der Waals surface area contributed by atoms with E-state index >= 15 is 0 Å². The van der Waals surface area contributed by atoms with Crippen molar-refractivity contribution in [1.82, 2.24) is 9.88 Å². The van der Waals surface area contributed by atoms with E-state index in [4.69, 9.17) is 10.00 Å². The molecule has 7 heteroatoms. The molecule has 2 heterocycles. The van der Waals surface area contributed by atoms with Gasteiger partial charge in [0, 0.05) is 40.9 Å². The third-order valence-corrected chi connectivity index (χ3v) is 7.66. The van der Waals surface area contributed by atoms with E-state index in [0.29, 0.717) is 5.41 Å². The van der Waals surface area contributed by atoms with Crippen molar-refractivity contribution in [3.8, 4) is 11.8 Å². The van der Waals surface area contributed by atoms with Crippen molar-refractivity contribution in [2.24, 2.45) is 5.41 Å². The van der Waals surface area contributed by atoms with Crippen LogP contribution in [-0.2, 0) is 6.54 Å². The van der Waals surface area contributed by atoms with Crippen molar-refractivity contribution in [1.29, 1.82) is 5.26 Å². The zero-order valence-corrected chi connectivity index (χ0v) is 19.6. The number of methoxy groups -OCH3 is 1. The fourth-order valence-electron chi connectivity index (χ4n) is 5.56. The Hall–Kier alpha value is -3.50. The van der Waals surface area contributed by atoms with Crippen LogP contribution in [0.25, 0.3) is 10.9 Å². The molecule has 2 aliphatic rings. The van der Waals surface area contributed by atoms with Gasteiger partial charge in [-0.25, -0.2) is 4.79 Å². The molecule has 1 aliphatic heterocycles. The van der Waals surface area contributed by atoms with Crippen LogP contribution in [0.5, 0.6) is 5.75 Å². The normalized spacial score (nSPS) is 19.1. The Bertz CT molecular complexity index is 1290. The van der Waals surface area contributed by atoms with Crippen LogP contribution in [-0.4, -0.2) is 41.2 Å². The lowest BCUT2D eigenvalue weighted by atomic mass is 9.83. The number of carboxylic acids is 1. The number of aryl methyl sites for hydroxylation is 1. The van der Waals surface area contributed by atoms with Gasteiger partial charge < -0.3 is 20.1 Å². The average Bonchev–Trinajstić information content (AvgIpc) is 3.39. The monoisotopic (exact) mass is 458 g/mol. The zero-order valence-electron chi connectivity index (χ0n) is 19.6.